The van der Waals surface area contributed by atoms with Crippen LogP contribution in [0.5, 0.6) is 5.75 Å². The number of hydrogen-bond acceptors (Lipinski definition) is 5. The van der Waals surface area contributed by atoms with Crippen molar-refractivity contribution in [2.24, 2.45) is 0 Å². The topological polar surface area (TPSA) is 75.7 Å². The summed E-state index contributed by atoms with van der Waals surface area (Å²) in [6.45, 7) is 3.71. The van der Waals surface area contributed by atoms with Crippen LogP contribution in [-0.4, -0.2) is 17.8 Å². The molecule has 0 saturated heterocycles. The lowest BCUT2D eigenvalue weighted by atomic mass is 10.1. The Hall–Kier alpha value is -2.84. The molecule has 4 rings (SSSR count). The van der Waals surface area contributed by atoms with Crippen LogP contribution in [0, 0.1) is 13.8 Å². The van der Waals surface area contributed by atoms with E-state index < -0.39 is 17.8 Å². The van der Waals surface area contributed by atoms with E-state index in [-0.39, 0.29) is 26.5 Å². The summed E-state index contributed by atoms with van der Waals surface area (Å²) in [6.07, 6.45) is 0. The molecule has 1 heterocycles. The zero-order valence-electron chi connectivity index (χ0n) is 18.3. The third kappa shape index (κ3) is 5.23. The molecule has 0 aliphatic carbocycles. The van der Waals surface area contributed by atoms with Gasteiger partial charge < -0.3 is 10.1 Å². The smallest absolute Gasteiger partial charge is 0.343 e. The van der Waals surface area contributed by atoms with Gasteiger partial charge in [0, 0.05) is 20.2 Å². The molecular weight excluding hydrogens is 579 g/mol. The maximum Gasteiger partial charge on any atom is 0.343 e. The van der Waals surface area contributed by atoms with Crippen LogP contribution in [-0.2, 0) is 9.59 Å². The minimum atomic E-state index is -0.710. The van der Waals surface area contributed by atoms with Gasteiger partial charge in [-0.25, -0.2) is 9.69 Å². The van der Waals surface area contributed by atoms with Crippen LogP contribution in [0.25, 0.3) is 0 Å². The molecule has 0 atom stereocenters. The number of carbonyl (C=O) groups is 3. The Bertz CT molecular complexity index is 1380. The fourth-order valence-electron chi connectivity index (χ4n) is 3.56. The summed E-state index contributed by atoms with van der Waals surface area (Å²) in [6, 6.07) is 14.3. The highest BCUT2D eigenvalue weighted by atomic mass is 79.9. The maximum absolute atomic E-state index is 13.0. The molecule has 1 aliphatic rings. The predicted octanol–water partition coefficient (Wildman–Crippen LogP) is 7.03. The number of rotatable bonds is 5. The van der Waals surface area contributed by atoms with Crippen LogP contribution in [0.2, 0.25) is 10.0 Å². The van der Waals surface area contributed by atoms with Crippen molar-refractivity contribution >= 4 is 79.9 Å². The van der Waals surface area contributed by atoms with Crippen LogP contribution in [0.4, 0.5) is 11.4 Å². The molecule has 10 heteroatoms. The van der Waals surface area contributed by atoms with Gasteiger partial charge in [0.05, 0.1) is 11.3 Å². The first-order valence-electron chi connectivity index (χ1n) is 10.2. The fourth-order valence-corrected chi connectivity index (χ4v) is 4.97. The second-order valence-electron chi connectivity index (χ2n) is 7.72. The number of aryl methyl sites for hydroxylation is 2. The molecule has 35 heavy (non-hydrogen) atoms. The van der Waals surface area contributed by atoms with Gasteiger partial charge in [0.25, 0.3) is 11.8 Å². The van der Waals surface area contributed by atoms with Gasteiger partial charge >= 0.3 is 5.97 Å². The Labute approximate surface area is 224 Å². The average Bonchev–Trinajstić information content (AvgIpc) is 2.99. The predicted molar refractivity (Wildman–Crippen MR) is 140 cm³/mol. The molecule has 6 nitrogen and oxygen atoms in total. The van der Waals surface area contributed by atoms with Gasteiger partial charge in [0.15, 0.2) is 0 Å². The number of anilines is 2. The molecule has 0 radical (unpaired) electrons. The highest BCUT2D eigenvalue weighted by Gasteiger charge is 2.39. The van der Waals surface area contributed by atoms with Gasteiger partial charge in [0.1, 0.15) is 16.5 Å². The van der Waals surface area contributed by atoms with Crippen LogP contribution in [0.15, 0.2) is 69.8 Å². The number of nitrogens with one attached hydrogen (secondary N) is 1. The molecule has 0 bridgehead atoms. The molecule has 3 aromatic rings. The van der Waals surface area contributed by atoms with Crippen molar-refractivity contribution in [3.8, 4) is 5.75 Å². The number of esters is 1. The van der Waals surface area contributed by atoms with E-state index in [1.807, 2.05) is 26.0 Å². The first-order chi connectivity index (χ1) is 16.5. The van der Waals surface area contributed by atoms with E-state index in [2.05, 4.69) is 21.2 Å². The molecular formula is C25H16BrCl3N2O4. The van der Waals surface area contributed by atoms with Crippen molar-refractivity contribution in [2.75, 3.05) is 10.2 Å². The van der Waals surface area contributed by atoms with E-state index in [1.54, 1.807) is 24.3 Å². The Morgan fingerprint density at radius 1 is 0.886 bits per heavy atom. The lowest BCUT2D eigenvalue weighted by Crippen LogP contribution is -2.32. The highest BCUT2D eigenvalue weighted by molar-refractivity contribution is 9.10. The minimum Gasteiger partial charge on any atom is -0.422 e. The number of amides is 2. The van der Waals surface area contributed by atoms with E-state index in [0.717, 1.165) is 20.5 Å². The molecule has 2 amide bonds. The summed E-state index contributed by atoms with van der Waals surface area (Å²) < 4.78 is 6.48. The van der Waals surface area contributed by atoms with Gasteiger partial charge in [-0.1, -0.05) is 50.7 Å². The van der Waals surface area contributed by atoms with Crippen molar-refractivity contribution in [3.63, 3.8) is 0 Å². The number of carbonyl (C=O) groups excluding carboxylic acids is 3. The van der Waals surface area contributed by atoms with Crippen LogP contribution in [0.1, 0.15) is 21.5 Å². The number of ether oxygens (including phenoxy) is 1. The Balaban J connectivity index is 1.51. The van der Waals surface area contributed by atoms with Crippen LogP contribution < -0.4 is 15.0 Å². The molecule has 0 saturated carbocycles. The Morgan fingerprint density at radius 2 is 1.46 bits per heavy atom. The standard InChI is InChI=1S/C25H16BrCl3N2O4/c1-12-7-15(26)8-13(2)22(12)35-25(34)14-3-5-18(6-4-14)30-21-20(29)23(32)31(24(21)33)19-10-16(27)9-17(28)11-19/h3-11,30H,1-2H3. The number of nitrogens with zero attached hydrogens (tertiary/aromatic N) is 1. The Morgan fingerprint density at radius 3 is 2.03 bits per heavy atom. The third-order valence-corrected chi connectivity index (χ3v) is 6.39. The molecule has 0 aromatic heterocycles. The summed E-state index contributed by atoms with van der Waals surface area (Å²) in [5.74, 6) is -1.41. The Kier molecular flexibility index (Phi) is 7.24. The SMILES string of the molecule is Cc1cc(Br)cc(C)c1OC(=O)c1ccc(NC2=C(Cl)C(=O)N(c3cc(Cl)cc(Cl)c3)C2=O)cc1. The second-order valence-corrected chi connectivity index (χ2v) is 9.89. The van der Waals surface area contributed by atoms with Crippen LogP contribution in [0.3, 0.4) is 0 Å². The van der Waals surface area contributed by atoms with E-state index in [4.69, 9.17) is 39.5 Å². The van der Waals surface area contributed by atoms with E-state index in [1.165, 1.54) is 18.2 Å². The van der Waals surface area contributed by atoms with E-state index in [0.29, 0.717) is 17.0 Å². The van der Waals surface area contributed by atoms with Gasteiger partial charge in [-0.2, -0.15) is 0 Å². The number of hydrogen-bond donors (Lipinski definition) is 1. The summed E-state index contributed by atoms with van der Waals surface area (Å²) in [5.41, 5.74) is 2.48. The molecule has 3 aromatic carbocycles. The molecule has 178 valence electrons. The quantitative estimate of drug-likeness (QED) is 0.195. The van der Waals surface area contributed by atoms with Gasteiger partial charge in [-0.3, -0.25) is 9.59 Å². The summed E-state index contributed by atoms with van der Waals surface area (Å²) >= 11 is 21.6. The largest absolute Gasteiger partial charge is 0.422 e. The molecule has 1 N–H and O–H groups in total. The van der Waals surface area contributed by atoms with Gasteiger partial charge in [-0.05, 0) is 79.6 Å². The van der Waals surface area contributed by atoms with E-state index >= 15 is 0 Å². The maximum atomic E-state index is 13.0. The van der Waals surface area contributed by atoms with E-state index in [9.17, 15) is 14.4 Å². The summed E-state index contributed by atoms with van der Waals surface area (Å²) in [5, 5.41) is 3.10. The summed E-state index contributed by atoms with van der Waals surface area (Å²) in [7, 11) is 0. The second kappa shape index (κ2) is 10.0. The number of benzene rings is 3. The third-order valence-electron chi connectivity index (χ3n) is 5.14. The minimum absolute atomic E-state index is 0.107. The van der Waals surface area contributed by atoms with Gasteiger partial charge in [-0.15, -0.1) is 0 Å². The van der Waals surface area contributed by atoms with Crippen LogP contribution >= 0.6 is 50.7 Å². The van der Waals surface area contributed by atoms with Crippen molar-refractivity contribution in [1.29, 1.82) is 0 Å². The van der Waals surface area contributed by atoms with Crippen molar-refractivity contribution in [2.45, 2.75) is 13.8 Å². The molecule has 0 fully saturated rings. The van der Waals surface area contributed by atoms with Crippen molar-refractivity contribution in [1.82, 2.24) is 0 Å². The lowest BCUT2D eigenvalue weighted by Gasteiger charge is -2.16. The number of imide groups is 1. The van der Waals surface area contributed by atoms with Gasteiger partial charge in [0.2, 0.25) is 0 Å². The summed E-state index contributed by atoms with van der Waals surface area (Å²) in [4.78, 5) is 39.1. The molecule has 0 spiro atoms. The zero-order chi connectivity index (χ0) is 25.4. The van der Waals surface area contributed by atoms with Crippen molar-refractivity contribution in [3.05, 3.63) is 96.5 Å². The fraction of sp³-hybridized carbons (Fsp3) is 0.0800. The lowest BCUT2D eigenvalue weighted by molar-refractivity contribution is -0.120. The molecule has 1 aliphatic heterocycles. The van der Waals surface area contributed by atoms with Crippen molar-refractivity contribution < 1.29 is 19.1 Å². The molecule has 0 unspecified atom stereocenters. The monoisotopic (exact) mass is 592 g/mol. The average molecular weight is 595 g/mol. The highest BCUT2D eigenvalue weighted by Crippen LogP contribution is 2.33. The first-order valence-corrected chi connectivity index (χ1v) is 12.1. The first kappa shape index (κ1) is 25.3. The normalized spacial score (nSPS) is 13.5. The zero-order valence-corrected chi connectivity index (χ0v) is 22.1. The number of halogens is 4.